The molecule has 0 atom stereocenters. The number of nitrogens with one attached hydrogen (secondary N) is 1. The number of piperazine rings is 1. The quantitative estimate of drug-likeness (QED) is 0.890. The van der Waals surface area contributed by atoms with Crippen molar-refractivity contribution in [3.8, 4) is 5.75 Å². The maximum Gasteiger partial charge on any atom is 0.200 e. The van der Waals surface area contributed by atoms with Crippen LogP contribution in [0.5, 0.6) is 5.75 Å². The highest BCUT2D eigenvalue weighted by atomic mass is 32.2. The molecule has 1 saturated heterocycles. The van der Waals surface area contributed by atoms with Gasteiger partial charge in [0.05, 0.1) is 12.0 Å². The van der Waals surface area contributed by atoms with Crippen LogP contribution in [0.3, 0.4) is 0 Å². The number of fused-ring (bicyclic) bond motifs is 1. The van der Waals surface area contributed by atoms with Crippen LogP contribution >= 0.6 is 0 Å². The van der Waals surface area contributed by atoms with Crippen molar-refractivity contribution in [1.82, 2.24) is 10.2 Å². The van der Waals surface area contributed by atoms with E-state index in [0.717, 1.165) is 37.3 Å². The summed E-state index contributed by atoms with van der Waals surface area (Å²) in [6, 6.07) is 5.25. The summed E-state index contributed by atoms with van der Waals surface area (Å²) in [5.41, 5.74) is 1.69. The van der Waals surface area contributed by atoms with E-state index in [1.165, 1.54) is 5.41 Å². The Morgan fingerprint density at radius 1 is 1.30 bits per heavy atom. The van der Waals surface area contributed by atoms with Crippen LogP contribution < -0.4 is 10.1 Å². The Morgan fingerprint density at radius 2 is 2.05 bits per heavy atom. The summed E-state index contributed by atoms with van der Waals surface area (Å²) >= 11 is 0. The number of hydrogen-bond donors (Lipinski definition) is 1. The molecular weight excluding hydrogens is 276 g/mol. The Hall–Kier alpha value is -1.37. The first-order chi connectivity index (χ1) is 9.60. The second-order valence-electron chi connectivity index (χ2n) is 5.08. The summed E-state index contributed by atoms with van der Waals surface area (Å²) in [6.45, 7) is 4.48. The summed E-state index contributed by atoms with van der Waals surface area (Å²) in [5.74, 6) is 0.573. The van der Waals surface area contributed by atoms with Gasteiger partial charge in [-0.2, -0.15) is 0 Å². The maximum absolute atomic E-state index is 12.2. The maximum atomic E-state index is 12.2. The minimum Gasteiger partial charge on any atom is -0.497 e. The Labute approximate surface area is 119 Å². The average molecular weight is 294 g/mol. The highest BCUT2D eigenvalue weighted by Crippen LogP contribution is 2.36. The average Bonchev–Trinajstić information content (AvgIpc) is 2.71. The number of sulfone groups is 1. The molecule has 0 bridgehead atoms. The third kappa shape index (κ3) is 2.46. The number of methoxy groups -OCH3 is 1. The van der Waals surface area contributed by atoms with Crippen LogP contribution in [-0.4, -0.2) is 53.2 Å². The zero-order valence-corrected chi connectivity index (χ0v) is 12.2. The SMILES string of the molecule is COc1ccc2c(c1)S(=O)(=O)C=C2CN1CCNCC1. The molecule has 3 rings (SSSR count). The van der Waals surface area contributed by atoms with Crippen LogP contribution in [-0.2, 0) is 9.84 Å². The van der Waals surface area contributed by atoms with Crippen molar-refractivity contribution in [3.05, 3.63) is 29.2 Å². The fourth-order valence-corrected chi connectivity index (χ4v) is 4.17. The van der Waals surface area contributed by atoms with E-state index in [2.05, 4.69) is 10.2 Å². The van der Waals surface area contributed by atoms with Crippen LogP contribution in [0.4, 0.5) is 0 Å². The zero-order chi connectivity index (χ0) is 14.2. The first kappa shape index (κ1) is 13.6. The first-order valence-corrected chi connectivity index (χ1v) is 8.22. The van der Waals surface area contributed by atoms with Crippen molar-refractivity contribution in [3.63, 3.8) is 0 Å². The van der Waals surface area contributed by atoms with Gasteiger partial charge in [-0.3, -0.25) is 4.90 Å². The lowest BCUT2D eigenvalue weighted by molar-refractivity contribution is 0.268. The largest absolute Gasteiger partial charge is 0.497 e. The molecule has 2 aliphatic rings. The molecule has 2 aliphatic heterocycles. The van der Waals surface area contributed by atoms with Gasteiger partial charge in [-0.15, -0.1) is 0 Å². The minimum absolute atomic E-state index is 0.363. The molecule has 0 radical (unpaired) electrons. The van der Waals surface area contributed by atoms with E-state index >= 15 is 0 Å². The molecule has 0 spiro atoms. The zero-order valence-electron chi connectivity index (χ0n) is 11.4. The van der Waals surface area contributed by atoms with Crippen LogP contribution in [0, 0.1) is 0 Å². The summed E-state index contributed by atoms with van der Waals surface area (Å²) in [6.07, 6.45) is 0. The molecule has 1 aromatic carbocycles. The van der Waals surface area contributed by atoms with Crippen LogP contribution in [0.25, 0.3) is 5.57 Å². The topological polar surface area (TPSA) is 58.6 Å². The van der Waals surface area contributed by atoms with Gasteiger partial charge in [0.2, 0.25) is 9.84 Å². The molecule has 5 nitrogen and oxygen atoms in total. The van der Waals surface area contributed by atoms with Crippen molar-refractivity contribution in [1.29, 1.82) is 0 Å². The van der Waals surface area contributed by atoms with E-state index in [-0.39, 0.29) is 0 Å². The van der Waals surface area contributed by atoms with Crippen LogP contribution in [0.2, 0.25) is 0 Å². The van der Waals surface area contributed by atoms with Gasteiger partial charge in [-0.1, -0.05) is 0 Å². The molecule has 0 aliphatic carbocycles. The Bertz CT molecular complexity index is 646. The summed E-state index contributed by atoms with van der Waals surface area (Å²) < 4.78 is 29.5. The fourth-order valence-electron chi connectivity index (χ4n) is 2.68. The first-order valence-electron chi connectivity index (χ1n) is 6.67. The van der Waals surface area contributed by atoms with Gasteiger partial charge < -0.3 is 10.1 Å². The third-order valence-electron chi connectivity index (χ3n) is 3.74. The van der Waals surface area contributed by atoms with Gasteiger partial charge in [0.25, 0.3) is 0 Å². The second kappa shape index (κ2) is 5.20. The highest BCUT2D eigenvalue weighted by Gasteiger charge is 2.28. The van der Waals surface area contributed by atoms with Crippen molar-refractivity contribution < 1.29 is 13.2 Å². The van der Waals surface area contributed by atoms with Gasteiger partial charge in [0.1, 0.15) is 5.75 Å². The number of benzene rings is 1. The monoisotopic (exact) mass is 294 g/mol. The van der Waals surface area contributed by atoms with Crippen LogP contribution in [0.15, 0.2) is 28.5 Å². The highest BCUT2D eigenvalue weighted by molar-refractivity contribution is 7.95. The second-order valence-corrected chi connectivity index (χ2v) is 6.84. The smallest absolute Gasteiger partial charge is 0.200 e. The lowest BCUT2D eigenvalue weighted by Crippen LogP contribution is -2.43. The van der Waals surface area contributed by atoms with Crippen molar-refractivity contribution in [2.75, 3.05) is 39.8 Å². The molecule has 6 heteroatoms. The lowest BCUT2D eigenvalue weighted by atomic mass is 10.1. The van der Waals surface area contributed by atoms with E-state index in [1.54, 1.807) is 13.2 Å². The van der Waals surface area contributed by atoms with E-state index in [9.17, 15) is 8.42 Å². The van der Waals surface area contributed by atoms with Gasteiger partial charge in [-0.05, 0) is 29.3 Å². The molecular formula is C14H18N2O3S. The van der Waals surface area contributed by atoms with Gasteiger partial charge >= 0.3 is 0 Å². The Morgan fingerprint density at radius 3 is 2.75 bits per heavy atom. The fraction of sp³-hybridized carbons (Fsp3) is 0.429. The number of ether oxygens (including phenoxy) is 1. The molecule has 0 amide bonds. The molecule has 0 aromatic heterocycles. The minimum atomic E-state index is -3.32. The lowest BCUT2D eigenvalue weighted by Gasteiger charge is -2.27. The molecule has 2 heterocycles. The summed E-state index contributed by atoms with van der Waals surface area (Å²) in [7, 11) is -1.78. The predicted molar refractivity (Wildman–Crippen MR) is 77.5 cm³/mol. The number of rotatable bonds is 3. The van der Waals surface area contributed by atoms with Crippen molar-refractivity contribution >= 4 is 15.4 Å². The molecule has 1 fully saturated rings. The van der Waals surface area contributed by atoms with Crippen molar-refractivity contribution in [2.24, 2.45) is 0 Å². The Balaban J connectivity index is 1.91. The van der Waals surface area contributed by atoms with Crippen LogP contribution in [0.1, 0.15) is 5.56 Å². The van der Waals surface area contributed by atoms with E-state index in [0.29, 0.717) is 17.2 Å². The molecule has 1 N–H and O–H groups in total. The van der Waals surface area contributed by atoms with Gasteiger partial charge in [0, 0.05) is 38.1 Å². The van der Waals surface area contributed by atoms with Gasteiger partial charge in [0.15, 0.2) is 0 Å². The van der Waals surface area contributed by atoms with Crippen molar-refractivity contribution in [2.45, 2.75) is 4.90 Å². The molecule has 1 aromatic rings. The van der Waals surface area contributed by atoms with E-state index in [4.69, 9.17) is 4.74 Å². The molecule has 20 heavy (non-hydrogen) atoms. The normalized spacial score (nSPS) is 21.4. The summed E-state index contributed by atoms with van der Waals surface area (Å²) in [4.78, 5) is 2.64. The number of hydrogen-bond acceptors (Lipinski definition) is 5. The standard InChI is InChI=1S/C14H18N2O3S/c1-19-12-2-3-13-11(9-16-6-4-15-5-7-16)10-20(17,18)14(13)8-12/h2-3,8,10,15H,4-7,9H2,1H3. The van der Waals surface area contributed by atoms with E-state index < -0.39 is 9.84 Å². The number of nitrogens with zero attached hydrogens (tertiary/aromatic N) is 1. The molecule has 0 saturated carbocycles. The molecule has 108 valence electrons. The Kier molecular flexibility index (Phi) is 3.54. The third-order valence-corrected chi connectivity index (χ3v) is 5.29. The molecule has 0 unspecified atom stereocenters. The van der Waals surface area contributed by atoms with E-state index in [1.807, 2.05) is 12.1 Å². The predicted octanol–water partition coefficient (Wildman–Crippen LogP) is 0.729. The van der Waals surface area contributed by atoms with Gasteiger partial charge in [-0.25, -0.2) is 8.42 Å². The summed E-state index contributed by atoms with van der Waals surface area (Å²) in [5, 5.41) is 4.70.